The van der Waals surface area contributed by atoms with Crippen molar-refractivity contribution in [2.75, 3.05) is 7.11 Å². The molecule has 150 valence electrons. The number of rotatable bonds is 7. The zero-order chi connectivity index (χ0) is 20.9. The van der Waals surface area contributed by atoms with E-state index in [1.165, 1.54) is 31.9 Å². The number of benzene rings is 2. The normalized spacial score (nSPS) is 13.5. The second-order valence-electron chi connectivity index (χ2n) is 6.68. The largest absolute Gasteiger partial charge is 0.496 e. The fourth-order valence-electron chi connectivity index (χ4n) is 3.30. The number of aromatic nitrogens is 3. The Kier molecular flexibility index (Phi) is 5.87. The van der Waals surface area contributed by atoms with E-state index in [0.29, 0.717) is 29.7 Å². The van der Waals surface area contributed by atoms with E-state index in [4.69, 9.17) is 4.74 Å². The van der Waals surface area contributed by atoms with Gasteiger partial charge in [-0.25, -0.2) is 4.98 Å². The zero-order valence-corrected chi connectivity index (χ0v) is 15.7. The molecule has 0 saturated heterocycles. The van der Waals surface area contributed by atoms with Gasteiger partial charge < -0.3 is 4.74 Å². The van der Waals surface area contributed by atoms with Crippen LogP contribution in [0.25, 0.3) is 0 Å². The van der Waals surface area contributed by atoms with Crippen LogP contribution in [0.2, 0.25) is 0 Å². The predicted molar refractivity (Wildman–Crippen MR) is 100 cm³/mol. The van der Waals surface area contributed by atoms with Crippen molar-refractivity contribution in [1.29, 1.82) is 5.26 Å². The van der Waals surface area contributed by atoms with E-state index in [1.807, 2.05) is 18.2 Å². The van der Waals surface area contributed by atoms with Crippen LogP contribution in [0.4, 0.5) is 13.2 Å². The van der Waals surface area contributed by atoms with E-state index in [2.05, 4.69) is 16.2 Å². The maximum Gasteiger partial charge on any atom is 0.416 e. The van der Waals surface area contributed by atoms with E-state index in [9.17, 15) is 18.4 Å². The third-order valence-corrected chi connectivity index (χ3v) is 4.86. The number of alkyl halides is 3. The molecular formula is C21H19F3N4O. The minimum Gasteiger partial charge on any atom is -0.496 e. The van der Waals surface area contributed by atoms with E-state index < -0.39 is 17.2 Å². The Morgan fingerprint density at radius 2 is 1.83 bits per heavy atom. The lowest BCUT2D eigenvalue weighted by atomic mass is 9.76. The second kappa shape index (κ2) is 8.35. The van der Waals surface area contributed by atoms with Crippen LogP contribution in [0.1, 0.15) is 23.1 Å². The molecule has 0 amide bonds. The van der Waals surface area contributed by atoms with Crippen LogP contribution in [-0.2, 0) is 24.6 Å². The molecule has 0 aliphatic rings. The van der Waals surface area contributed by atoms with Crippen molar-refractivity contribution in [3.05, 3.63) is 77.9 Å². The lowest BCUT2D eigenvalue weighted by Gasteiger charge is -2.28. The molecular weight excluding hydrogens is 381 g/mol. The zero-order valence-electron chi connectivity index (χ0n) is 15.7. The molecule has 8 heteroatoms. The average Bonchev–Trinajstić information content (AvgIpc) is 3.24. The van der Waals surface area contributed by atoms with Crippen LogP contribution >= 0.6 is 0 Å². The van der Waals surface area contributed by atoms with Gasteiger partial charge in [0.1, 0.15) is 23.8 Å². The first-order chi connectivity index (χ1) is 13.9. The molecule has 0 spiro atoms. The van der Waals surface area contributed by atoms with Crippen molar-refractivity contribution in [1.82, 2.24) is 14.8 Å². The molecule has 1 atom stereocenters. The summed E-state index contributed by atoms with van der Waals surface area (Å²) in [6.07, 6.45) is -0.674. The van der Waals surface area contributed by atoms with Gasteiger partial charge in [0, 0.05) is 5.56 Å². The second-order valence-corrected chi connectivity index (χ2v) is 6.68. The van der Waals surface area contributed by atoms with E-state index in [0.717, 1.165) is 12.1 Å². The number of nitriles is 1. The molecule has 3 rings (SSSR count). The number of hydrogen-bond donors (Lipinski definition) is 0. The van der Waals surface area contributed by atoms with Crippen LogP contribution in [0.15, 0.2) is 61.2 Å². The average molecular weight is 400 g/mol. The summed E-state index contributed by atoms with van der Waals surface area (Å²) in [7, 11) is 1.53. The number of hydrogen-bond acceptors (Lipinski definition) is 4. The summed E-state index contributed by atoms with van der Waals surface area (Å²) >= 11 is 0. The van der Waals surface area contributed by atoms with Crippen molar-refractivity contribution in [2.45, 2.75) is 31.0 Å². The van der Waals surface area contributed by atoms with Gasteiger partial charge in [0.15, 0.2) is 0 Å². The highest BCUT2D eigenvalue weighted by Crippen LogP contribution is 2.37. The fraction of sp³-hybridized carbons (Fsp3) is 0.286. The molecule has 2 aromatic carbocycles. The topological polar surface area (TPSA) is 63.7 Å². The number of para-hydroxylation sites is 1. The maximum atomic E-state index is 12.8. The SMILES string of the molecule is COc1ccccc1C(C#N)(CCc1ccc(C(F)(F)F)cc1)Cn1cncn1. The molecule has 0 fully saturated rings. The number of ether oxygens (including phenoxy) is 1. The van der Waals surface area contributed by atoms with Crippen LogP contribution in [-0.4, -0.2) is 21.9 Å². The minimum absolute atomic E-state index is 0.241. The molecule has 29 heavy (non-hydrogen) atoms. The molecule has 0 bridgehead atoms. The predicted octanol–water partition coefficient (Wildman–Crippen LogP) is 4.40. The number of halogens is 3. The minimum atomic E-state index is -4.38. The summed E-state index contributed by atoms with van der Waals surface area (Å²) in [4.78, 5) is 3.93. The molecule has 0 aliphatic carbocycles. The third-order valence-electron chi connectivity index (χ3n) is 4.86. The van der Waals surface area contributed by atoms with E-state index >= 15 is 0 Å². The Morgan fingerprint density at radius 1 is 1.10 bits per heavy atom. The number of aryl methyl sites for hydroxylation is 1. The summed E-state index contributed by atoms with van der Waals surface area (Å²) in [5.41, 5.74) is -0.276. The smallest absolute Gasteiger partial charge is 0.416 e. The Bertz CT molecular complexity index is 978. The van der Waals surface area contributed by atoms with Gasteiger partial charge in [0.2, 0.25) is 0 Å². The third kappa shape index (κ3) is 4.57. The molecule has 1 heterocycles. The first-order valence-corrected chi connectivity index (χ1v) is 8.91. The van der Waals surface area contributed by atoms with Crippen LogP contribution < -0.4 is 4.74 Å². The Balaban J connectivity index is 1.92. The van der Waals surface area contributed by atoms with Crippen molar-refractivity contribution < 1.29 is 17.9 Å². The van der Waals surface area contributed by atoms with Gasteiger partial charge >= 0.3 is 6.18 Å². The van der Waals surface area contributed by atoms with Gasteiger partial charge in [-0.15, -0.1) is 0 Å². The summed E-state index contributed by atoms with van der Waals surface area (Å²) in [5.74, 6) is 0.571. The summed E-state index contributed by atoms with van der Waals surface area (Å²) in [5, 5.41) is 14.3. The monoisotopic (exact) mass is 400 g/mol. The highest BCUT2D eigenvalue weighted by molar-refractivity contribution is 5.44. The Labute approximate surface area is 166 Å². The summed E-state index contributed by atoms with van der Waals surface area (Å²) in [6.45, 7) is 0.241. The quantitative estimate of drug-likeness (QED) is 0.590. The Morgan fingerprint density at radius 3 is 2.41 bits per heavy atom. The summed E-state index contributed by atoms with van der Waals surface area (Å²) < 4.78 is 45.4. The van der Waals surface area contributed by atoms with Crippen molar-refractivity contribution in [3.8, 4) is 11.8 Å². The van der Waals surface area contributed by atoms with Crippen molar-refractivity contribution in [2.24, 2.45) is 0 Å². The first kappa shape index (κ1) is 20.4. The molecule has 3 aromatic rings. The van der Waals surface area contributed by atoms with E-state index in [-0.39, 0.29) is 6.54 Å². The fourth-order valence-corrected chi connectivity index (χ4v) is 3.30. The highest BCUT2D eigenvalue weighted by atomic mass is 19.4. The standard InChI is InChI=1S/C21H19F3N4O/c1-29-19-5-3-2-4-18(19)20(12-25,13-28-15-26-14-27-28)11-10-16-6-8-17(9-7-16)21(22,23)24/h2-9,14-15H,10-11,13H2,1H3. The Hall–Kier alpha value is -3.34. The molecule has 5 nitrogen and oxygen atoms in total. The van der Waals surface area contributed by atoms with Crippen molar-refractivity contribution in [3.63, 3.8) is 0 Å². The summed E-state index contributed by atoms with van der Waals surface area (Å²) in [6, 6.07) is 14.7. The molecule has 0 aliphatic heterocycles. The molecule has 0 saturated carbocycles. The first-order valence-electron chi connectivity index (χ1n) is 8.91. The van der Waals surface area contributed by atoms with Crippen LogP contribution in [0.3, 0.4) is 0 Å². The highest BCUT2D eigenvalue weighted by Gasteiger charge is 2.36. The van der Waals surface area contributed by atoms with Crippen molar-refractivity contribution >= 4 is 0 Å². The van der Waals surface area contributed by atoms with Gasteiger partial charge in [0.25, 0.3) is 0 Å². The molecule has 0 N–H and O–H groups in total. The molecule has 0 radical (unpaired) electrons. The number of nitrogens with zero attached hydrogens (tertiary/aromatic N) is 4. The van der Waals surface area contributed by atoms with Gasteiger partial charge in [-0.1, -0.05) is 30.3 Å². The molecule has 1 aromatic heterocycles. The van der Waals surface area contributed by atoms with Gasteiger partial charge in [-0.05, 0) is 36.6 Å². The maximum absolute atomic E-state index is 12.8. The lowest BCUT2D eigenvalue weighted by molar-refractivity contribution is -0.137. The lowest BCUT2D eigenvalue weighted by Crippen LogP contribution is -2.32. The van der Waals surface area contributed by atoms with Gasteiger partial charge in [0.05, 0.1) is 25.3 Å². The van der Waals surface area contributed by atoms with Gasteiger partial charge in [-0.3, -0.25) is 4.68 Å². The van der Waals surface area contributed by atoms with Gasteiger partial charge in [-0.2, -0.15) is 23.5 Å². The van der Waals surface area contributed by atoms with E-state index in [1.54, 1.807) is 10.7 Å². The van der Waals surface area contributed by atoms with Crippen LogP contribution in [0.5, 0.6) is 5.75 Å². The van der Waals surface area contributed by atoms with Crippen LogP contribution in [0, 0.1) is 11.3 Å². The molecule has 1 unspecified atom stereocenters. The number of methoxy groups -OCH3 is 1.